The first-order valence-corrected chi connectivity index (χ1v) is 8.07. The van der Waals surface area contributed by atoms with Crippen molar-refractivity contribution in [2.75, 3.05) is 13.7 Å². The van der Waals surface area contributed by atoms with Crippen molar-refractivity contribution in [3.8, 4) is 0 Å². The standard InChI is InChI=1S/C16H26O4/c1-19-14(18)6-4-2-3-5-9-16-11-7-8-13(16)20-12(10-17)15(11)16/h11-13,15,17H,2-10H2,1H3/t11-,12?,13-,15-,16+/m1/s1. The van der Waals surface area contributed by atoms with Gasteiger partial charge >= 0.3 is 5.97 Å². The Labute approximate surface area is 120 Å². The molecule has 0 spiro atoms. The molecule has 1 unspecified atom stereocenters. The van der Waals surface area contributed by atoms with Crippen LogP contribution in [0.4, 0.5) is 0 Å². The molecule has 5 atom stereocenters. The Kier molecular flexibility index (Phi) is 4.04. The van der Waals surface area contributed by atoms with E-state index in [2.05, 4.69) is 4.74 Å². The minimum atomic E-state index is -0.0983. The maximum atomic E-state index is 11.0. The summed E-state index contributed by atoms with van der Waals surface area (Å²) in [5.41, 5.74) is 0.426. The number of unbranched alkanes of at least 4 members (excludes halogenated alkanes) is 3. The molecule has 1 heterocycles. The number of hydrogen-bond acceptors (Lipinski definition) is 4. The van der Waals surface area contributed by atoms with Crippen LogP contribution in [0.2, 0.25) is 0 Å². The van der Waals surface area contributed by atoms with Crippen molar-refractivity contribution >= 4 is 5.97 Å². The summed E-state index contributed by atoms with van der Waals surface area (Å²) in [6.07, 6.45) is 9.29. The van der Waals surface area contributed by atoms with Crippen LogP contribution in [0, 0.1) is 17.3 Å². The molecule has 0 amide bonds. The summed E-state index contributed by atoms with van der Waals surface area (Å²) in [4.78, 5) is 11.0. The average molecular weight is 282 g/mol. The van der Waals surface area contributed by atoms with Gasteiger partial charge in [0, 0.05) is 11.8 Å². The number of carbonyl (C=O) groups is 1. The molecule has 20 heavy (non-hydrogen) atoms. The largest absolute Gasteiger partial charge is 0.469 e. The summed E-state index contributed by atoms with van der Waals surface area (Å²) in [6.45, 7) is 0.193. The van der Waals surface area contributed by atoms with Crippen LogP contribution in [0.1, 0.15) is 51.4 Å². The minimum Gasteiger partial charge on any atom is -0.469 e. The molecule has 0 aromatic carbocycles. The molecule has 1 saturated heterocycles. The highest BCUT2D eigenvalue weighted by Crippen LogP contribution is 2.76. The molecule has 1 aliphatic heterocycles. The zero-order valence-electron chi connectivity index (χ0n) is 12.3. The van der Waals surface area contributed by atoms with Crippen LogP contribution >= 0.6 is 0 Å². The van der Waals surface area contributed by atoms with Crippen LogP contribution in [-0.2, 0) is 14.3 Å². The van der Waals surface area contributed by atoms with Gasteiger partial charge in [0.25, 0.3) is 0 Å². The van der Waals surface area contributed by atoms with E-state index in [1.54, 1.807) is 0 Å². The molecular weight excluding hydrogens is 256 g/mol. The Bertz CT molecular complexity index is 369. The fourth-order valence-electron chi connectivity index (χ4n) is 5.00. The van der Waals surface area contributed by atoms with Gasteiger partial charge in [0.2, 0.25) is 0 Å². The van der Waals surface area contributed by atoms with Gasteiger partial charge in [-0.2, -0.15) is 0 Å². The van der Waals surface area contributed by atoms with E-state index in [-0.39, 0.29) is 18.7 Å². The van der Waals surface area contributed by atoms with E-state index in [4.69, 9.17) is 4.74 Å². The van der Waals surface area contributed by atoms with Crippen molar-refractivity contribution in [1.82, 2.24) is 0 Å². The van der Waals surface area contributed by atoms with Crippen molar-refractivity contribution in [2.45, 2.75) is 63.6 Å². The first-order valence-electron chi connectivity index (χ1n) is 8.07. The van der Waals surface area contributed by atoms with Gasteiger partial charge in [-0.3, -0.25) is 4.79 Å². The second kappa shape index (κ2) is 5.64. The molecule has 0 aromatic heterocycles. The zero-order valence-corrected chi connectivity index (χ0v) is 12.3. The number of fused-ring (bicyclic) bond motifs is 1. The lowest BCUT2D eigenvalue weighted by molar-refractivity contribution is -0.140. The summed E-state index contributed by atoms with van der Waals surface area (Å²) in [6, 6.07) is 0. The SMILES string of the molecule is COC(=O)CCCCCC[C@]12[C@@H]3CC[C@H]1OC(CO)[C@@H]32. The second-order valence-corrected chi connectivity index (χ2v) is 6.66. The van der Waals surface area contributed by atoms with E-state index < -0.39 is 0 Å². The van der Waals surface area contributed by atoms with Crippen molar-refractivity contribution in [1.29, 1.82) is 0 Å². The highest BCUT2D eigenvalue weighted by atomic mass is 16.5. The lowest BCUT2D eigenvalue weighted by Gasteiger charge is -2.18. The number of carbonyl (C=O) groups excluding carboxylic acids is 1. The summed E-state index contributed by atoms with van der Waals surface area (Å²) in [7, 11) is 1.45. The maximum absolute atomic E-state index is 11.0. The first-order chi connectivity index (χ1) is 9.74. The van der Waals surface area contributed by atoms with E-state index in [9.17, 15) is 9.90 Å². The molecule has 3 aliphatic rings. The molecule has 2 aliphatic carbocycles. The fourth-order valence-corrected chi connectivity index (χ4v) is 5.00. The van der Waals surface area contributed by atoms with Crippen molar-refractivity contribution in [3.63, 3.8) is 0 Å². The molecule has 0 aromatic rings. The highest BCUT2D eigenvalue weighted by Gasteiger charge is 2.77. The van der Waals surface area contributed by atoms with E-state index in [0.717, 1.165) is 18.8 Å². The molecule has 1 N–H and O–H groups in total. The molecular formula is C16H26O4. The highest BCUT2D eigenvalue weighted by molar-refractivity contribution is 5.68. The summed E-state index contributed by atoms with van der Waals surface area (Å²) >= 11 is 0. The summed E-state index contributed by atoms with van der Waals surface area (Å²) in [5, 5.41) is 9.39. The molecule has 0 radical (unpaired) electrons. The third-order valence-corrected chi connectivity index (χ3v) is 5.86. The average Bonchev–Trinajstić information content (AvgIpc) is 2.90. The first kappa shape index (κ1) is 14.3. The van der Waals surface area contributed by atoms with Crippen LogP contribution < -0.4 is 0 Å². The summed E-state index contributed by atoms with van der Waals surface area (Å²) < 4.78 is 10.6. The molecule has 114 valence electrons. The Morgan fingerprint density at radius 1 is 1.30 bits per heavy atom. The van der Waals surface area contributed by atoms with Crippen molar-refractivity contribution in [2.24, 2.45) is 17.3 Å². The maximum Gasteiger partial charge on any atom is 0.305 e. The molecule has 3 rings (SSSR count). The Balaban J connectivity index is 1.37. The molecule has 2 saturated carbocycles. The Hall–Kier alpha value is -0.610. The minimum absolute atomic E-state index is 0.0983. The van der Waals surface area contributed by atoms with Crippen LogP contribution in [0.3, 0.4) is 0 Å². The van der Waals surface area contributed by atoms with Crippen molar-refractivity contribution in [3.05, 3.63) is 0 Å². The number of esters is 1. The molecule has 3 fully saturated rings. The lowest BCUT2D eigenvalue weighted by Crippen LogP contribution is -2.21. The van der Waals surface area contributed by atoms with Gasteiger partial charge in [0.1, 0.15) is 0 Å². The van der Waals surface area contributed by atoms with E-state index in [1.165, 1.54) is 39.2 Å². The van der Waals surface area contributed by atoms with Gasteiger partial charge in [0.15, 0.2) is 0 Å². The van der Waals surface area contributed by atoms with Crippen LogP contribution in [0.5, 0.6) is 0 Å². The van der Waals surface area contributed by atoms with Gasteiger partial charge in [0.05, 0.1) is 25.9 Å². The third kappa shape index (κ3) is 2.17. The quantitative estimate of drug-likeness (QED) is 0.548. The lowest BCUT2D eigenvalue weighted by atomic mass is 9.91. The number of aliphatic hydroxyl groups excluding tert-OH is 1. The monoisotopic (exact) mass is 282 g/mol. The predicted octanol–water partition coefficient (Wildman–Crippen LogP) is 2.29. The third-order valence-electron chi connectivity index (χ3n) is 5.86. The number of hydrogen-bond donors (Lipinski definition) is 1. The van der Waals surface area contributed by atoms with Gasteiger partial charge < -0.3 is 14.6 Å². The Morgan fingerprint density at radius 2 is 2.10 bits per heavy atom. The van der Waals surface area contributed by atoms with E-state index in [0.29, 0.717) is 23.9 Å². The van der Waals surface area contributed by atoms with Crippen LogP contribution in [0.25, 0.3) is 0 Å². The number of rotatable bonds is 8. The van der Waals surface area contributed by atoms with E-state index in [1.807, 2.05) is 0 Å². The molecule has 4 heteroatoms. The fraction of sp³-hybridized carbons (Fsp3) is 0.938. The van der Waals surface area contributed by atoms with Gasteiger partial charge in [-0.25, -0.2) is 0 Å². The molecule has 4 nitrogen and oxygen atoms in total. The second-order valence-electron chi connectivity index (χ2n) is 6.66. The topological polar surface area (TPSA) is 55.8 Å². The number of methoxy groups -OCH3 is 1. The van der Waals surface area contributed by atoms with Crippen LogP contribution in [0.15, 0.2) is 0 Å². The van der Waals surface area contributed by atoms with E-state index >= 15 is 0 Å². The Morgan fingerprint density at radius 3 is 2.80 bits per heavy atom. The number of aliphatic hydroxyl groups is 1. The molecule has 0 bridgehead atoms. The van der Waals surface area contributed by atoms with Crippen molar-refractivity contribution < 1.29 is 19.4 Å². The smallest absolute Gasteiger partial charge is 0.305 e. The van der Waals surface area contributed by atoms with Gasteiger partial charge in [-0.05, 0) is 37.5 Å². The predicted molar refractivity (Wildman–Crippen MR) is 74.1 cm³/mol. The van der Waals surface area contributed by atoms with Gasteiger partial charge in [-0.15, -0.1) is 0 Å². The summed E-state index contributed by atoms with van der Waals surface area (Å²) in [5.74, 6) is 1.37. The zero-order chi connectivity index (χ0) is 14.2. The normalized spacial score (nSPS) is 40.7. The number of ether oxygens (including phenoxy) is 2. The van der Waals surface area contributed by atoms with Gasteiger partial charge in [-0.1, -0.05) is 19.3 Å². The van der Waals surface area contributed by atoms with Crippen LogP contribution in [-0.4, -0.2) is 37.0 Å².